The van der Waals surface area contributed by atoms with Gasteiger partial charge in [-0.15, -0.1) is 0 Å². The second kappa shape index (κ2) is 6.61. The van der Waals surface area contributed by atoms with Crippen LogP contribution in [0.25, 0.3) is 0 Å². The standard InChI is InChI=1S/C13H20FNO/c1-3-4-10(2)16-9-12-7-13(14)6-5-11(12)8-15/h5-7,10H,3-4,8-9,15H2,1-2H3. The van der Waals surface area contributed by atoms with E-state index in [1.54, 1.807) is 6.07 Å². The van der Waals surface area contributed by atoms with E-state index in [4.69, 9.17) is 10.5 Å². The lowest BCUT2D eigenvalue weighted by Crippen LogP contribution is -2.10. The Bertz CT molecular complexity index is 328. The van der Waals surface area contributed by atoms with Gasteiger partial charge in [0.15, 0.2) is 0 Å². The van der Waals surface area contributed by atoms with Crippen LogP contribution in [-0.2, 0) is 17.9 Å². The van der Waals surface area contributed by atoms with Gasteiger partial charge < -0.3 is 10.5 Å². The molecule has 0 aliphatic rings. The molecule has 0 fully saturated rings. The molecule has 0 aliphatic heterocycles. The van der Waals surface area contributed by atoms with E-state index in [0.29, 0.717) is 13.2 Å². The molecule has 0 radical (unpaired) electrons. The van der Waals surface area contributed by atoms with Crippen molar-refractivity contribution in [2.45, 2.75) is 45.9 Å². The van der Waals surface area contributed by atoms with Crippen LogP contribution in [0.4, 0.5) is 4.39 Å². The molecule has 90 valence electrons. The molecule has 0 saturated heterocycles. The molecular formula is C13H20FNO. The molecule has 0 heterocycles. The van der Waals surface area contributed by atoms with Crippen LogP contribution in [0.15, 0.2) is 18.2 Å². The van der Waals surface area contributed by atoms with E-state index in [2.05, 4.69) is 6.92 Å². The molecule has 0 aliphatic carbocycles. The molecule has 1 unspecified atom stereocenters. The Morgan fingerprint density at radius 3 is 2.75 bits per heavy atom. The summed E-state index contributed by atoms with van der Waals surface area (Å²) < 4.78 is 18.7. The van der Waals surface area contributed by atoms with E-state index in [1.807, 2.05) is 6.92 Å². The largest absolute Gasteiger partial charge is 0.374 e. The number of halogens is 1. The molecule has 16 heavy (non-hydrogen) atoms. The maximum atomic E-state index is 13.1. The Morgan fingerprint density at radius 2 is 2.12 bits per heavy atom. The quantitative estimate of drug-likeness (QED) is 0.807. The first kappa shape index (κ1) is 13.1. The van der Waals surface area contributed by atoms with Crippen molar-refractivity contribution in [2.75, 3.05) is 0 Å². The third kappa shape index (κ3) is 3.91. The van der Waals surface area contributed by atoms with Crippen molar-refractivity contribution in [1.82, 2.24) is 0 Å². The Labute approximate surface area is 96.6 Å². The van der Waals surface area contributed by atoms with E-state index >= 15 is 0 Å². The van der Waals surface area contributed by atoms with Crippen LogP contribution in [0.1, 0.15) is 37.8 Å². The molecule has 0 bridgehead atoms. The highest BCUT2D eigenvalue weighted by Crippen LogP contribution is 2.14. The summed E-state index contributed by atoms with van der Waals surface area (Å²) in [5.74, 6) is -0.237. The fourth-order valence-corrected chi connectivity index (χ4v) is 1.65. The topological polar surface area (TPSA) is 35.2 Å². The summed E-state index contributed by atoms with van der Waals surface area (Å²) in [7, 11) is 0. The van der Waals surface area contributed by atoms with E-state index in [0.717, 1.165) is 24.0 Å². The van der Waals surface area contributed by atoms with Crippen LogP contribution in [0, 0.1) is 5.82 Å². The first-order valence-corrected chi connectivity index (χ1v) is 5.76. The minimum Gasteiger partial charge on any atom is -0.374 e. The molecule has 0 saturated carbocycles. The third-order valence-corrected chi connectivity index (χ3v) is 2.61. The zero-order valence-corrected chi connectivity index (χ0v) is 10.0. The summed E-state index contributed by atoms with van der Waals surface area (Å²) in [5, 5.41) is 0. The van der Waals surface area contributed by atoms with Gasteiger partial charge >= 0.3 is 0 Å². The monoisotopic (exact) mass is 225 g/mol. The van der Waals surface area contributed by atoms with Gasteiger partial charge in [0.05, 0.1) is 12.7 Å². The fraction of sp³-hybridized carbons (Fsp3) is 0.538. The zero-order valence-electron chi connectivity index (χ0n) is 10.0. The highest BCUT2D eigenvalue weighted by atomic mass is 19.1. The molecule has 1 aromatic rings. The molecule has 1 atom stereocenters. The molecule has 3 heteroatoms. The van der Waals surface area contributed by atoms with Crippen molar-refractivity contribution in [2.24, 2.45) is 5.73 Å². The van der Waals surface area contributed by atoms with Gasteiger partial charge in [-0.25, -0.2) is 4.39 Å². The van der Waals surface area contributed by atoms with Crippen molar-refractivity contribution in [1.29, 1.82) is 0 Å². The highest BCUT2D eigenvalue weighted by molar-refractivity contribution is 5.27. The predicted octanol–water partition coefficient (Wildman–Crippen LogP) is 2.99. The number of ether oxygens (including phenoxy) is 1. The normalized spacial score (nSPS) is 12.8. The lowest BCUT2D eigenvalue weighted by atomic mass is 10.1. The van der Waals surface area contributed by atoms with Crippen LogP contribution in [-0.4, -0.2) is 6.10 Å². The Morgan fingerprint density at radius 1 is 1.38 bits per heavy atom. The second-order valence-electron chi connectivity index (χ2n) is 4.03. The lowest BCUT2D eigenvalue weighted by Gasteiger charge is -2.14. The van der Waals surface area contributed by atoms with Crippen molar-refractivity contribution < 1.29 is 9.13 Å². The summed E-state index contributed by atoms with van der Waals surface area (Å²) in [6.45, 7) is 5.00. The van der Waals surface area contributed by atoms with Gasteiger partial charge in [-0.3, -0.25) is 0 Å². The molecule has 0 amide bonds. The average molecular weight is 225 g/mol. The van der Waals surface area contributed by atoms with Crippen molar-refractivity contribution in [3.8, 4) is 0 Å². The molecule has 2 N–H and O–H groups in total. The van der Waals surface area contributed by atoms with Gasteiger partial charge in [0.25, 0.3) is 0 Å². The van der Waals surface area contributed by atoms with Gasteiger partial charge in [-0.1, -0.05) is 19.4 Å². The number of rotatable bonds is 6. The molecule has 1 aromatic carbocycles. The summed E-state index contributed by atoms with van der Waals surface area (Å²) in [5.41, 5.74) is 7.39. The molecule has 0 aromatic heterocycles. The second-order valence-corrected chi connectivity index (χ2v) is 4.03. The van der Waals surface area contributed by atoms with Crippen molar-refractivity contribution >= 4 is 0 Å². The zero-order chi connectivity index (χ0) is 12.0. The minimum absolute atomic E-state index is 0.207. The maximum Gasteiger partial charge on any atom is 0.123 e. The van der Waals surface area contributed by atoms with Crippen LogP contribution in [0.2, 0.25) is 0 Å². The van der Waals surface area contributed by atoms with E-state index < -0.39 is 0 Å². The lowest BCUT2D eigenvalue weighted by molar-refractivity contribution is 0.0466. The molecule has 0 spiro atoms. The first-order chi connectivity index (χ1) is 7.67. The van der Waals surface area contributed by atoms with Crippen LogP contribution in [0.3, 0.4) is 0 Å². The third-order valence-electron chi connectivity index (χ3n) is 2.61. The van der Waals surface area contributed by atoms with Crippen LogP contribution >= 0.6 is 0 Å². The van der Waals surface area contributed by atoms with Crippen molar-refractivity contribution in [3.05, 3.63) is 35.1 Å². The van der Waals surface area contributed by atoms with E-state index in [9.17, 15) is 4.39 Å². The average Bonchev–Trinajstić information content (AvgIpc) is 2.27. The highest BCUT2D eigenvalue weighted by Gasteiger charge is 2.06. The Kier molecular flexibility index (Phi) is 5.43. The Hall–Kier alpha value is -0.930. The summed E-state index contributed by atoms with van der Waals surface area (Å²) in [4.78, 5) is 0. The Balaban J connectivity index is 2.61. The number of benzene rings is 1. The van der Waals surface area contributed by atoms with Crippen LogP contribution in [0.5, 0.6) is 0 Å². The van der Waals surface area contributed by atoms with Gasteiger partial charge in [0.2, 0.25) is 0 Å². The first-order valence-electron chi connectivity index (χ1n) is 5.76. The van der Waals surface area contributed by atoms with Gasteiger partial charge in [0, 0.05) is 6.54 Å². The molecule has 2 nitrogen and oxygen atoms in total. The minimum atomic E-state index is -0.237. The number of nitrogens with two attached hydrogens (primary N) is 1. The molecule has 1 rings (SSSR count). The van der Waals surface area contributed by atoms with Gasteiger partial charge in [0.1, 0.15) is 5.82 Å². The number of hydrogen-bond acceptors (Lipinski definition) is 2. The SMILES string of the molecule is CCCC(C)OCc1cc(F)ccc1CN. The van der Waals surface area contributed by atoms with Crippen LogP contribution < -0.4 is 5.73 Å². The van der Waals surface area contributed by atoms with Gasteiger partial charge in [-0.2, -0.15) is 0 Å². The summed E-state index contributed by atoms with van der Waals surface area (Å²) >= 11 is 0. The summed E-state index contributed by atoms with van der Waals surface area (Å²) in [6, 6.07) is 4.65. The summed E-state index contributed by atoms with van der Waals surface area (Å²) in [6.07, 6.45) is 2.32. The number of hydrogen-bond donors (Lipinski definition) is 1. The maximum absolute atomic E-state index is 13.1. The van der Waals surface area contributed by atoms with E-state index in [-0.39, 0.29) is 11.9 Å². The van der Waals surface area contributed by atoms with E-state index in [1.165, 1.54) is 12.1 Å². The van der Waals surface area contributed by atoms with Crippen molar-refractivity contribution in [3.63, 3.8) is 0 Å². The van der Waals surface area contributed by atoms with Gasteiger partial charge in [-0.05, 0) is 36.6 Å². The predicted molar refractivity (Wildman–Crippen MR) is 63.5 cm³/mol. The smallest absolute Gasteiger partial charge is 0.123 e. The molecular weight excluding hydrogens is 205 g/mol. The fourth-order valence-electron chi connectivity index (χ4n) is 1.65.